The van der Waals surface area contributed by atoms with E-state index in [-0.39, 0.29) is 0 Å². The average molecular weight is 337 g/mol. The van der Waals surface area contributed by atoms with Crippen LogP contribution in [0.1, 0.15) is 38.3 Å². The van der Waals surface area contributed by atoms with E-state index in [1.165, 1.54) is 11.1 Å². The minimum atomic E-state index is 0.699. The summed E-state index contributed by atoms with van der Waals surface area (Å²) >= 11 is 0. The Morgan fingerprint density at radius 3 is 2.64 bits per heavy atom. The van der Waals surface area contributed by atoms with Gasteiger partial charge in [0, 0.05) is 18.9 Å². The number of methoxy groups -OCH3 is 1. The van der Waals surface area contributed by atoms with Crippen LogP contribution in [-0.2, 0) is 11.3 Å². The molecule has 4 nitrogen and oxygen atoms in total. The number of rotatable bonds is 7. The zero-order valence-electron chi connectivity index (χ0n) is 15.8. The molecule has 0 bridgehead atoms. The van der Waals surface area contributed by atoms with E-state index < -0.39 is 0 Å². The minimum Gasteiger partial charge on any atom is -0.495 e. The molecule has 0 fully saturated rings. The summed E-state index contributed by atoms with van der Waals surface area (Å²) in [5.74, 6) is 0.826. The molecule has 1 N–H and O–H groups in total. The highest BCUT2D eigenvalue weighted by Crippen LogP contribution is 2.17. The number of fused-ring (bicyclic) bond motifs is 1. The lowest BCUT2D eigenvalue weighted by molar-refractivity contribution is 0.295. The molecule has 0 saturated carbocycles. The predicted octanol–water partition coefficient (Wildman–Crippen LogP) is 4.82. The van der Waals surface area contributed by atoms with Crippen molar-refractivity contribution < 1.29 is 4.74 Å². The van der Waals surface area contributed by atoms with Crippen molar-refractivity contribution in [2.24, 2.45) is 0 Å². The number of nitrogens with zero attached hydrogens (tertiary/aromatic N) is 2. The normalized spacial score (nSPS) is 13.2. The van der Waals surface area contributed by atoms with E-state index in [1.807, 2.05) is 19.1 Å². The third-order valence-electron chi connectivity index (χ3n) is 4.16. The lowest BCUT2D eigenvalue weighted by atomic mass is 10.1. The van der Waals surface area contributed by atoms with Crippen LogP contribution in [0.4, 0.5) is 0 Å². The van der Waals surface area contributed by atoms with E-state index in [1.54, 1.807) is 19.5 Å². The second kappa shape index (κ2) is 9.02. The van der Waals surface area contributed by atoms with Gasteiger partial charge in [-0.3, -0.25) is 9.97 Å². The Labute approximate surface area is 150 Å². The molecule has 0 atom stereocenters. The van der Waals surface area contributed by atoms with Crippen LogP contribution in [-0.4, -0.2) is 17.1 Å². The van der Waals surface area contributed by atoms with Gasteiger partial charge in [0.15, 0.2) is 0 Å². The summed E-state index contributed by atoms with van der Waals surface area (Å²) in [6.07, 6.45) is 10.6. The zero-order valence-corrected chi connectivity index (χ0v) is 15.8. The van der Waals surface area contributed by atoms with Crippen molar-refractivity contribution in [2.45, 2.75) is 40.7 Å². The van der Waals surface area contributed by atoms with Gasteiger partial charge in [-0.05, 0) is 50.5 Å². The predicted molar refractivity (Wildman–Crippen MR) is 104 cm³/mol. The van der Waals surface area contributed by atoms with Gasteiger partial charge in [-0.2, -0.15) is 0 Å². The number of ether oxygens (including phenoxy) is 1. The molecule has 0 amide bonds. The summed E-state index contributed by atoms with van der Waals surface area (Å²) < 4.78 is 5.54. The van der Waals surface area contributed by atoms with Gasteiger partial charge in [0.2, 0.25) is 0 Å². The molecule has 0 unspecified atom stereocenters. The molecule has 25 heavy (non-hydrogen) atoms. The third-order valence-corrected chi connectivity index (χ3v) is 4.16. The van der Waals surface area contributed by atoms with Crippen molar-refractivity contribution in [3.05, 3.63) is 70.9 Å². The molecule has 4 heteroatoms. The van der Waals surface area contributed by atoms with Gasteiger partial charge < -0.3 is 10.1 Å². The number of nitrogens with one attached hydrogen (secondary N) is 1. The van der Waals surface area contributed by atoms with E-state index >= 15 is 0 Å². The molecule has 132 valence electrons. The highest BCUT2D eigenvalue weighted by atomic mass is 16.5. The first kappa shape index (κ1) is 18.7. The van der Waals surface area contributed by atoms with E-state index in [4.69, 9.17) is 4.74 Å². The first-order chi connectivity index (χ1) is 12.1. The first-order valence-electron chi connectivity index (χ1n) is 8.61. The van der Waals surface area contributed by atoms with Crippen molar-refractivity contribution in [3.63, 3.8) is 0 Å². The highest BCUT2D eigenvalue weighted by Gasteiger charge is 2.06. The van der Waals surface area contributed by atoms with Gasteiger partial charge in [-0.1, -0.05) is 30.7 Å². The quantitative estimate of drug-likeness (QED) is 0.581. The summed E-state index contributed by atoms with van der Waals surface area (Å²) in [6, 6.07) is 4.22. The van der Waals surface area contributed by atoms with Gasteiger partial charge in [-0.25, -0.2) is 0 Å². The maximum atomic E-state index is 5.54. The van der Waals surface area contributed by atoms with Gasteiger partial charge in [0.05, 0.1) is 23.8 Å². The van der Waals surface area contributed by atoms with Crippen molar-refractivity contribution in [1.82, 2.24) is 15.3 Å². The number of allylic oxidation sites excluding steroid dienone is 4. The number of aryl methyl sites for hydroxylation is 1. The van der Waals surface area contributed by atoms with Crippen molar-refractivity contribution in [1.29, 1.82) is 0 Å². The Hall–Kier alpha value is -2.62. The van der Waals surface area contributed by atoms with E-state index in [2.05, 4.69) is 54.3 Å². The lowest BCUT2D eigenvalue weighted by Crippen LogP contribution is -2.15. The summed E-state index contributed by atoms with van der Waals surface area (Å²) in [7, 11) is 1.70. The Morgan fingerprint density at radius 2 is 1.96 bits per heavy atom. The number of hydrogen-bond acceptors (Lipinski definition) is 4. The molecule has 0 radical (unpaired) electrons. The van der Waals surface area contributed by atoms with Crippen molar-refractivity contribution >= 4 is 11.0 Å². The monoisotopic (exact) mass is 337 g/mol. The molecule has 0 spiro atoms. The largest absolute Gasteiger partial charge is 0.495 e. The van der Waals surface area contributed by atoms with Crippen LogP contribution in [0, 0.1) is 6.92 Å². The smallest absolute Gasteiger partial charge is 0.141 e. The molecule has 0 aliphatic rings. The summed E-state index contributed by atoms with van der Waals surface area (Å²) in [5, 5.41) is 3.46. The Kier molecular flexibility index (Phi) is 6.75. The highest BCUT2D eigenvalue weighted by molar-refractivity contribution is 5.78. The Bertz CT molecular complexity index is 819. The maximum absolute atomic E-state index is 5.54. The molecule has 0 aliphatic carbocycles. The lowest BCUT2D eigenvalue weighted by Gasteiger charge is -2.14. The molecular weight excluding hydrogens is 310 g/mol. The topological polar surface area (TPSA) is 47.0 Å². The van der Waals surface area contributed by atoms with Crippen LogP contribution in [0.5, 0.6) is 0 Å². The van der Waals surface area contributed by atoms with E-state index in [9.17, 15) is 0 Å². The van der Waals surface area contributed by atoms with Gasteiger partial charge in [-0.15, -0.1) is 0 Å². The summed E-state index contributed by atoms with van der Waals surface area (Å²) in [5.41, 5.74) is 6.46. The number of benzene rings is 1. The molecular formula is C21H27N3O. The fraction of sp³-hybridized carbons (Fsp3) is 0.333. The molecule has 1 aromatic carbocycles. The van der Waals surface area contributed by atoms with Crippen LogP contribution in [0.25, 0.3) is 11.0 Å². The Morgan fingerprint density at radius 1 is 1.20 bits per heavy atom. The molecule has 2 aromatic rings. The van der Waals surface area contributed by atoms with Gasteiger partial charge in [0.1, 0.15) is 5.76 Å². The van der Waals surface area contributed by atoms with Crippen LogP contribution in [0.3, 0.4) is 0 Å². The summed E-state index contributed by atoms with van der Waals surface area (Å²) in [4.78, 5) is 8.80. The van der Waals surface area contributed by atoms with Gasteiger partial charge >= 0.3 is 0 Å². The molecule has 1 heterocycles. The maximum Gasteiger partial charge on any atom is 0.141 e. The second-order valence-electron chi connectivity index (χ2n) is 5.99. The standard InChI is InChI=1S/C21H27N3O/c1-6-15(3)8-9-20(25-5)18(7-2)24-14-17-12-16(4)21-19(13-17)22-10-11-23-21/h7-13,24H,6,14H2,1-5H3/b15-8+,18-7+,20-9+. The van der Waals surface area contributed by atoms with Crippen LogP contribution < -0.4 is 5.32 Å². The first-order valence-corrected chi connectivity index (χ1v) is 8.61. The number of aromatic nitrogens is 2. The molecule has 0 aliphatic heterocycles. The zero-order chi connectivity index (χ0) is 18.2. The van der Waals surface area contributed by atoms with Crippen LogP contribution in [0.2, 0.25) is 0 Å². The van der Waals surface area contributed by atoms with E-state index in [0.29, 0.717) is 6.54 Å². The van der Waals surface area contributed by atoms with E-state index in [0.717, 1.165) is 34.5 Å². The number of hydrogen-bond donors (Lipinski definition) is 1. The molecule has 0 saturated heterocycles. The minimum absolute atomic E-state index is 0.699. The van der Waals surface area contributed by atoms with Crippen molar-refractivity contribution in [2.75, 3.05) is 7.11 Å². The SMILES string of the molecule is C\C=C(NCc1cc(C)c2nccnc2c1)/C(=C\C=C(/C)CC)OC. The Balaban J connectivity index is 2.18. The third kappa shape index (κ3) is 4.92. The van der Waals surface area contributed by atoms with Gasteiger partial charge in [0.25, 0.3) is 0 Å². The van der Waals surface area contributed by atoms with Crippen molar-refractivity contribution in [3.8, 4) is 0 Å². The molecule has 1 aromatic heterocycles. The summed E-state index contributed by atoms with van der Waals surface area (Å²) in [6.45, 7) is 9.03. The molecule has 2 rings (SSSR count). The fourth-order valence-electron chi connectivity index (χ4n) is 2.56. The van der Waals surface area contributed by atoms with Crippen LogP contribution in [0.15, 0.2) is 59.8 Å². The van der Waals surface area contributed by atoms with Crippen LogP contribution >= 0.6 is 0 Å². The average Bonchev–Trinajstić information content (AvgIpc) is 2.64. The fourth-order valence-corrected chi connectivity index (χ4v) is 2.56. The second-order valence-corrected chi connectivity index (χ2v) is 5.99.